The number of nitrogens with one attached hydrogen (secondary N) is 1. The van der Waals surface area contributed by atoms with Crippen molar-refractivity contribution in [2.75, 3.05) is 11.8 Å². The van der Waals surface area contributed by atoms with E-state index in [-0.39, 0.29) is 10.6 Å². The molecule has 7 nitrogen and oxygen atoms in total. The maximum atomic E-state index is 12.5. The Labute approximate surface area is 166 Å². The summed E-state index contributed by atoms with van der Waals surface area (Å²) < 4.78 is 32.5. The van der Waals surface area contributed by atoms with Crippen LogP contribution < -0.4 is 9.46 Å². The molecule has 9 heteroatoms. The summed E-state index contributed by atoms with van der Waals surface area (Å²) in [4.78, 5) is 12.1. The average molecular weight is 416 g/mol. The van der Waals surface area contributed by atoms with Gasteiger partial charge >= 0.3 is 0 Å². The number of hydrogen-bond donors (Lipinski definition) is 1. The van der Waals surface area contributed by atoms with Crippen molar-refractivity contribution in [3.63, 3.8) is 0 Å². The van der Waals surface area contributed by atoms with E-state index >= 15 is 0 Å². The quantitative estimate of drug-likeness (QED) is 0.448. The van der Waals surface area contributed by atoms with Crippen LogP contribution in [0.2, 0.25) is 0 Å². The van der Waals surface area contributed by atoms with E-state index in [0.29, 0.717) is 11.4 Å². The molecule has 144 valence electrons. The molecule has 28 heavy (non-hydrogen) atoms. The fourth-order valence-corrected chi connectivity index (χ4v) is 4.21. The van der Waals surface area contributed by atoms with Gasteiger partial charge in [-0.3, -0.25) is 14.8 Å². The Kier molecular flexibility index (Phi) is 5.86. The van der Waals surface area contributed by atoms with Gasteiger partial charge in [-0.25, -0.2) is 8.42 Å². The van der Waals surface area contributed by atoms with Crippen LogP contribution in [-0.2, 0) is 10.0 Å². The van der Waals surface area contributed by atoms with Gasteiger partial charge in [0.05, 0.1) is 16.9 Å². The lowest BCUT2D eigenvalue weighted by Crippen LogP contribution is -2.12. The summed E-state index contributed by atoms with van der Waals surface area (Å²) in [6, 6.07) is 19.2. The largest absolute Gasteiger partial charge is 0.497 e. The lowest BCUT2D eigenvalue weighted by atomic mass is 10.3. The Bertz CT molecular complexity index is 1060. The normalized spacial score (nSPS) is 11.0. The average Bonchev–Trinajstić information content (AvgIpc) is 2.70. The van der Waals surface area contributed by atoms with E-state index in [9.17, 15) is 18.5 Å². The highest BCUT2D eigenvalue weighted by Gasteiger charge is 2.14. The van der Waals surface area contributed by atoms with Crippen molar-refractivity contribution in [2.24, 2.45) is 0 Å². The van der Waals surface area contributed by atoms with Gasteiger partial charge in [-0.15, -0.1) is 0 Å². The van der Waals surface area contributed by atoms with Crippen LogP contribution in [0.15, 0.2) is 87.5 Å². The highest BCUT2D eigenvalue weighted by Crippen LogP contribution is 2.30. The maximum Gasteiger partial charge on any atom is 0.269 e. The number of nitro groups is 1. The summed E-state index contributed by atoms with van der Waals surface area (Å²) in [6.07, 6.45) is 0. The molecule has 0 fully saturated rings. The molecule has 0 aliphatic heterocycles. The van der Waals surface area contributed by atoms with Crippen LogP contribution in [0.1, 0.15) is 0 Å². The number of benzene rings is 3. The zero-order valence-electron chi connectivity index (χ0n) is 14.7. The molecule has 3 rings (SSSR count). The van der Waals surface area contributed by atoms with Crippen LogP contribution >= 0.6 is 11.8 Å². The van der Waals surface area contributed by atoms with Crippen LogP contribution in [0.4, 0.5) is 11.4 Å². The second-order valence-corrected chi connectivity index (χ2v) is 8.49. The number of ether oxygens (including phenoxy) is 1. The zero-order valence-corrected chi connectivity index (χ0v) is 16.4. The first-order valence-electron chi connectivity index (χ1n) is 8.07. The predicted octanol–water partition coefficient (Wildman–Crippen LogP) is 4.56. The molecule has 3 aromatic rings. The Morgan fingerprint density at radius 2 is 1.43 bits per heavy atom. The molecular formula is C19H16N2O5S2. The third-order valence-corrected chi connectivity index (χ3v) is 6.17. The van der Waals surface area contributed by atoms with E-state index in [2.05, 4.69) is 4.72 Å². The highest BCUT2D eigenvalue weighted by atomic mass is 32.2. The Morgan fingerprint density at radius 1 is 0.893 bits per heavy atom. The molecule has 0 aliphatic carbocycles. The van der Waals surface area contributed by atoms with Crippen molar-refractivity contribution in [3.05, 3.63) is 82.9 Å². The number of sulfonamides is 1. The molecule has 0 radical (unpaired) electrons. The van der Waals surface area contributed by atoms with Gasteiger partial charge in [-0.05, 0) is 60.7 Å². The summed E-state index contributed by atoms with van der Waals surface area (Å²) in [6.45, 7) is 0. The van der Waals surface area contributed by atoms with Gasteiger partial charge in [0, 0.05) is 27.6 Å². The second kappa shape index (κ2) is 8.32. The topological polar surface area (TPSA) is 98.5 Å². The molecule has 0 heterocycles. The molecule has 0 spiro atoms. The fourth-order valence-electron chi connectivity index (χ4n) is 2.33. The fraction of sp³-hybridized carbons (Fsp3) is 0.0526. The van der Waals surface area contributed by atoms with Crippen LogP contribution in [0.5, 0.6) is 5.75 Å². The van der Waals surface area contributed by atoms with Crippen LogP contribution in [0.3, 0.4) is 0 Å². The first kappa shape index (κ1) is 19.7. The molecule has 3 aromatic carbocycles. The first-order valence-corrected chi connectivity index (χ1v) is 10.4. The van der Waals surface area contributed by atoms with Crippen molar-refractivity contribution in [1.29, 1.82) is 0 Å². The highest BCUT2D eigenvalue weighted by molar-refractivity contribution is 7.99. The van der Waals surface area contributed by atoms with Gasteiger partial charge in [0.1, 0.15) is 5.75 Å². The number of methoxy groups -OCH3 is 1. The standard InChI is InChI=1S/C19H16N2O5S2/c1-26-16-6-12-19(13-7-16)28(24,25)20-14-2-8-17(9-3-14)27-18-10-4-15(5-11-18)21(22)23/h2-13,20H,1H3. The van der Waals surface area contributed by atoms with Crippen LogP contribution in [0, 0.1) is 10.1 Å². The maximum absolute atomic E-state index is 12.5. The molecule has 0 bridgehead atoms. The van der Waals surface area contributed by atoms with Gasteiger partial charge in [0.25, 0.3) is 15.7 Å². The third kappa shape index (κ3) is 4.81. The minimum absolute atomic E-state index is 0.0348. The number of hydrogen-bond acceptors (Lipinski definition) is 6. The van der Waals surface area contributed by atoms with E-state index in [4.69, 9.17) is 4.74 Å². The number of nitrogens with zero attached hydrogens (tertiary/aromatic N) is 1. The van der Waals surface area contributed by atoms with Gasteiger partial charge < -0.3 is 4.74 Å². The predicted molar refractivity (Wildman–Crippen MR) is 107 cm³/mol. The van der Waals surface area contributed by atoms with Gasteiger partial charge in [0.15, 0.2) is 0 Å². The number of nitro benzene ring substituents is 1. The van der Waals surface area contributed by atoms with Crippen molar-refractivity contribution < 1.29 is 18.1 Å². The summed E-state index contributed by atoms with van der Waals surface area (Å²) in [7, 11) is -2.19. The van der Waals surface area contributed by atoms with E-state index in [1.165, 1.54) is 43.1 Å². The second-order valence-electron chi connectivity index (χ2n) is 5.66. The van der Waals surface area contributed by atoms with Crippen LogP contribution in [-0.4, -0.2) is 20.5 Å². The Balaban J connectivity index is 1.68. The summed E-state index contributed by atoms with van der Waals surface area (Å²) in [5.41, 5.74) is 0.469. The monoisotopic (exact) mass is 416 g/mol. The minimum Gasteiger partial charge on any atom is -0.497 e. The lowest BCUT2D eigenvalue weighted by Gasteiger charge is -2.09. The Morgan fingerprint density at radius 3 is 1.93 bits per heavy atom. The molecule has 0 aromatic heterocycles. The van der Waals surface area contributed by atoms with E-state index in [1.807, 2.05) is 0 Å². The summed E-state index contributed by atoms with van der Waals surface area (Å²) in [5.74, 6) is 0.576. The molecular weight excluding hydrogens is 400 g/mol. The van der Waals surface area contributed by atoms with Crippen LogP contribution in [0.25, 0.3) is 0 Å². The molecule has 1 N–H and O–H groups in total. The van der Waals surface area contributed by atoms with Crippen molar-refractivity contribution in [1.82, 2.24) is 0 Å². The lowest BCUT2D eigenvalue weighted by molar-refractivity contribution is -0.384. The number of rotatable bonds is 7. The van der Waals surface area contributed by atoms with Gasteiger partial charge in [-0.2, -0.15) is 0 Å². The van der Waals surface area contributed by atoms with Gasteiger partial charge in [-0.1, -0.05) is 11.8 Å². The van der Waals surface area contributed by atoms with Gasteiger partial charge in [0.2, 0.25) is 0 Å². The Hall–Kier alpha value is -3.04. The SMILES string of the molecule is COc1ccc(S(=O)(=O)Nc2ccc(Sc3ccc([N+](=O)[O-])cc3)cc2)cc1. The molecule has 0 saturated carbocycles. The first-order chi connectivity index (χ1) is 13.4. The van der Waals surface area contributed by atoms with E-state index in [0.717, 1.165) is 9.79 Å². The summed E-state index contributed by atoms with van der Waals surface area (Å²) in [5, 5.41) is 10.7. The number of anilines is 1. The zero-order chi connectivity index (χ0) is 20.1. The number of non-ortho nitro benzene ring substituents is 1. The van der Waals surface area contributed by atoms with E-state index < -0.39 is 14.9 Å². The smallest absolute Gasteiger partial charge is 0.269 e. The summed E-state index contributed by atoms with van der Waals surface area (Å²) >= 11 is 1.42. The van der Waals surface area contributed by atoms with Crippen molar-refractivity contribution >= 4 is 33.2 Å². The van der Waals surface area contributed by atoms with E-state index in [1.54, 1.807) is 48.5 Å². The molecule has 0 aliphatic rings. The third-order valence-electron chi connectivity index (χ3n) is 3.76. The molecule has 0 saturated heterocycles. The molecule has 0 atom stereocenters. The molecule has 0 unspecified atom stereocenters. The van der Waals surface area contributed by atoms with Crippen molar-refractivity contribution in [2.45, 2.75) is 14.7 Å². The minimum atomic E-state index is -3.70. The molecule has 0 amide bonds. The van der Waals surface area contributed by atoms with Crippen molar-refractivity contribution in [3.8, 4) is 5.75 Å².